The molecule has 0 fully saturated rings. The van der Waals surface area contributed by atoms with E-state index in [1.807, 2.05) is 0 Å². The zero-order valence-corrected chi connectivity index (χ0v) is 12.4. The van der Waals surface area contributed by atoms with Crippen molar-refractivity contribution in [2.75, 3.05) is 20.8 Å². The predicted molar refractivity (Wildman–Crippen MR) is 64.6 cm³/mol. The van der Waals surface area contributed by atoms with Crippen LogP contribution in [0.3, 0.4) is 0 Å². The number of methoxy groups -OCH3 is 2. The molecule has 0 aromatic carbocycles. The molecule has 0 spiro atoms. The van der Waals surface area contributed by atoms with Gasteiger partial charge in [-0.1, -0.05) is 0 Å². The third-order valence-corrected chi connectivity index (χ3v) is 3.33. The van der Waals surface area contributed by atoms with Crippen molar-refractivity contribution >= 4 is 21.3 Å². The molecule has 0 bridgehead atoms. The van der Waals surface area contributed by atoms with Crippen molar-refractivity contribution in [2.24, 2.45) is 0 Å². The minimum absolute atomic E-state index is 0.0312. The van der Waals surface area contributed by atoms with Gasteiger partial charge in [0.15, 0.2) is 0 Å². The highest BCUT2D eigenvalue weighted by atomic mass is 28.2. The van der Waals surface area contributed by atoms with Gasteiger partial charge in [0, 0.05) is 12.2 Å². The number of rotatable bonds is 6. The predicted octanol–water partition coefficient (Wildman–Crippen LogP) is 0.184. The number of carbonyl (C=O) groups excluding carboxylic acids is 2. The van der Waals surface area contributed by atoms with E-state index in [1.165, 1.54) is 28.1 Å². The normalized spacial score (nSPS) is 15.2. The van der Waals surface area contributed by atoms with Gasteiger partial charge in [0.2, 0.25) is 0 Å². The summed E-state index contributed by atoms with van der Waals surface area (Å²) in [6.07, 6.45) is 0. The van der Waals surface area contributed by atoms with Gasteiger partial charge in [0.25, 0.3) is 9.41 Å². The van der Waals surface area contributed by atoms with Crippen LogP contribution in [0.25, 0.3) is 0 Å². The molecule has 0 heterocycles. The van der Waals surface area contributed by atoms with Crippen molar-refractivity contribution in [3.05, 3.63) is 11.1 Å². The maximum Gasteiger partial charge on any atom is 0.337 e. The molecular formula is C11H18O6Si. The lowest BCUT2D eigenvalue weighted by Crippen LogP contribution is -2.40. The van der Waals surface area contributed by atoms with E-state index in [4.69, 9.17) is 4.74 Å². The van der Waals surface area contributed by atoms with Crippen LogP contribution in [0.2, 0.25) is 0 Å². The van der Waals surface area contributed by atoms with E-state index in [2.05, 4.69) is 9.47 Å². The van der Waals surface area contributed by atoms with Crippen molar-refractivity contribution in [2.45, 2.75) is 26.0 Å². The molecular weight excluding hydrogens is 256 g/mol. The molecule has 1 unspecified atom stereocenters. The van der Waals surface area contributed by atoms with Crippen LogP contribution in [0.4, 0.5) is 0 Å². The maximum atomic E-state index is 11.8. The second-order valence-corrected chi connectivity index (χ2v) is 4.98. The number of esters is 2. The quantitative estimate of drug-likeness (QED) is 0.391. The summed E-state index contributed by atoms with van der Waals surface area (Å²) in [5, 5.41) is -1.33. The smallest absolute Gasteiger partial charge is 0.337 e. The second-order valence-electron chi connectivity index (χ2n) is 3.64. The largest absolute Gasteiger partial charge is 0.466 e. The van der Waals surface area contributed by atoms with Crippen LogP contribution >= 0.6 is 0 Å². The lowest BCUT2D eigenvalue weighted by Gasteiger charge is -2.25. The number of hydrogen-bond acceptors (Lipinski definition) is 6. The molecule has 0 aliphatic rings. The number of ether oxygens (including phenoxy) is 3. The highest BCUT2D eigenvalue weighted by molar-refractivity contribution is 6.27. The highest BCUT2D eigenvalue weighted by Gasteiger charge is 2.38. The molecule has 1 atom stereocenters. The zero-order chi connectivity index (χ0) is 14.3. The molecule has 102 valence electrons. The fourth-order valence-corrected chi connectivity index (χ4v) is 2.24. The average molecular weight is 274 g/mol. The Morgan fingerprint density at radius 2 is 1.67 bits per heavy atom. The topological polar surface area (TPSA) is 78.9 Å². The minimum atomic E-state index is -1.48. The van der Waals surface area contributed by atoms with Crippen molar-refractivity contribution in [3.8, 4) is 0 Å². The Morgan fingerprint density at radius 3 is 2.00 bits per heavy atom. The van der Waals surface area contributed by atoms with Gasteiger partial charge in [-0.15, -0.1) is 0 Å². The summed E-state index contributed by atoms with van der Waals surface area (Å²) < 4.78 is 25.9. The molecule has 6 nitrogen and oxygen atoms in total. The van der Waals surface area contributed by atoms with E-state index < -0.39 is 26.6 Å². The number of carbonyl (C=O) groups is 2. The molecule has 0 amide bonds. The molecule has 18 heavy (non-hydrogen) atoms. The summed E-state index contributed by atoms with van der Waals surface area (Å²) in [7, 11) is 0.894. The summed E-state index contributed by atoms with van der Waals surface area (Å²) in [5.41, 5.74) is -0.0349. The Bertz CT molecular complexity index is 376. The summed E-state index contributed by atoms with van der Waals surface area (Å²) in [6.45, 7) is 4.85. The maximum absolute atomic E-state index is 11.8. The van der Waals surface area contributed by atoms with Crippen molar-refractivity contribution in [3.63, 3.8) is 0 Å². The number of hydrogen-bond donors (Lipinski definition) is 0. The van der Waals surface area contributed by atoms with Crippen LogP contribution in [0, 0.1) is 0 Å². The Morgan fingerprint density at radius 1 is 1.17 bits per heavy atom. The molecule has 0 aliphatic heterocycles. The van der Waals surface area contributed by atoms with Crippen LogP contribution in [-0.2, 0) is 28.3 Å². The first-order valence-electron chi connectivity index (χ1n) is 5.36. The molecule has 0 radical (unpaired) electrons. The molecule has 0 rings (SSSR count). The van der Waals surface area contributed by atoms with Gasteiger partial charge in [-0.25, -0.2) is 9.59 Å². The van der Waals surface area contributed by atoms with E-state index in [0.717, 1.165) is 0 Å². The lowest BCUT2D eigenvalue weighted by molar-refractivity contribution is -0.141. The van der Waals surface area contributed by atoms with Crippen LogP contribution in [0.5, 0.6) is 0 Å². The fourth-order valence-electron chi connectivity index (χ4n) is 1.55. The van der Waals surface area contributed by atoms with Crippen LogP contribution in [0.15, 0.2) is 11.1 Å². The fraction of sp³-hybridized carbons (Fsp3) is 0.636. The SMILES string of the molecule is CCOC(C)([SiH]=O)C(C(=O)OC)=C(C)C(=O)OC. The van der Waals surface area contributed by atoms with Crippen molar-refractivity contribution in [1.82, 2.24) is 0 Å². The van der Waals surface area contributed by atoms with E-state index >= 15 is 0 Å². The van der Waals surface area contributed by atoms with Gasteiger partial charge < -0.3 is 18.7 Å². The van der Waals surface area contributed by atoms with Gasteiger partial charge in [-0.2, -0.15) is 0 Å². The summed E-state index contributed by atoms with van der Waals surface area (Å²) in [6, 6.07) is 0. The lowest BCUT2D eigenvalue weighted by atomic mass is 10.0. The average Bonchev–Trinajstić information content (AvgIpc) is 2.37. The first-order valence-corrected chi connectivity index (χ1v) is 6.41. The van der Waals surface area contributed by atoms with E-state index in [9.17, 15) is 14.1 Å². The van der Waals surface area contributed by atoms with Gasteiger partial charge >= 0.3 is 11.9 Å². The van der Waals surface area contributed by atoms with Crippen LogP contribution in [0.1, 0.15) is 20.8 Å². The van der Waals surface area contributed by atoms with Gasteiger partial charge in [-0.3, -0.25) is 0 Å². The van der Waals surface area contributed by atoms with Crippen molar-refractivity contribution in [1.29, 1.82) is 0 Å². The van der Waals surface area contributed by atoms with E-state index in [1.54, 1.807) is 6.92 Å². The summed E-state index contributed by atoms with van der Waals surface area (Å²) in [5.74, 6) is -1.44. The summed E-state index contributed by atoms with van der Waals surface area (Å²) in [4.78, 5) is 23.3. The molecule has 0 aromatic heterocycles. The molecule has 0 saturated carbocycles. The van der Waals surface area contributed by atoms with Crippen LogP contribution in [-0.4, -0.2) is 47.4 Å². The Kier molecular flexibility index (Phi) is 6.64. The molecule has 0 aliphatic carbocycles. The summed E-state index contributed by atoms with van der Waals surface area (Å²) >= 11 is 0. The van der Waals surface area contributed by atoms with Gasteiger partial charge in [0.05, 0.1) is 19.8 Å². The van der Waals surface area contributed by atoms with E-state index in [-0.39, 0.29) is 17.8 Å². The highest BCUT2D eigenvalue weighted by Crippen LogP contribution is 2.24. The Labute approximate surface area is 108 Å². The van der Waals surface area contributed by atoms with Gasteiger partial charge in [-0.05, 0) is 20.8 Å². The third-order valence-electron chi connectivity index (χ3n) is 2.42. The Balaban J connectivity index is 5.83. The van der Waals surface area contributed by atoms with Crippen LogP contribution < -0.4 is 0 Å². The Hall–Kier alpha value is -1.34. The molecule has 0 aromatic rings. The third kappa shape index (κ3) is 3.57. The molecule has 0 N–H and O–H groups in total. The minimum Gasteiger partial charge on any atom is -0.466 e. The zero-order valence-electron chi connectivity index (χ0n) is 11.2. The first kappa shape index (κ1) is 16.7. The first-order chi connectivity index (χ1) is 8.37. The van der Waals surface area contributed by atoms with Crippen molar-refractivity contribution < 1.29 is 28.3 Å². The van der Waals surface area contributed by atoms with E-state index in [0.29, 0.717) is 0 Å². The monoisotopic (exact) mass is 274 g/mol. The molecule has 0 saturated heterocycles. The second kappa shape index (κ2) is 7.17. The molecule has 7 heteroatoms. The standard InChI is InChI=1S/C11H18O6Si/c1-6-17-11(3,18-14)8(10(13)16-5)7(2)9(12)15-4/h18H,6H2,1-5H3. The van der Waals surface area contributed by atoms with Gasteiger partial charge in [0.1, 0.15) is 5.22 Å².